The molecular weight excluding hydrogens is 813 g/mol. The second kappa shape index (κ2) is 31.7. The van der Waals surface area contributed by atoms with Crippen molar-refractivity contribution in [3.05, 3.63) is 35.9 Å². The van der Waals surface area contributed by atoms with Crippen molar-refractivity contribution < 1.29 is 42.6 Å². The number of benzene rings is 1. The molecule has 0 saturated heterocycles. The SMILES string of the molecule is CC(C)(C)OC(=O)N(CCCCCCCCCCC(=O)OCc1ccccc1)CCCOC(=O)CCCCCCCCCCN(CCCO[Si](C)(C)C(C)(C)C)C(=O)OC(C)(C)C. The summed E-state index contributed by atoms with van der Waals surface area (Å²) in [6.45, 7) is 26.3. The molecule has 0 aliphatic rings. The Labute approximate surface area is 385 Å². The Morgan fingerprint density at radius 3 is 1.25 bits per heavy atom. The van der Waals surface area contributed by atoms with Crippen molar-refractivity contribution in [3.63, 3.8) is 0 Å². The van der Waals surface area contributed by atoms with Gasteiger partial charge in [0.05, 0.1) is 6.61 Å². The fraction of sp³-hybridized carbons (Fsp3) is 0.804. The molecule has 0 radical (unpaired) electrons. The topological polar surface area (TPSA) is 121 Å². The van der Waals surface area contributed by atoms with E-state index in [-0.39, 0.29) is 29.2 Å². The normalized spacial score (nSPS) is 12.2. The number of hydrogen-bond donors (Lipinski definition) is 0. The number of carbonyl (C=O) groups is 4. The van der Waals surface area contributed by atoms with Gasteiger partial charge < -0.3 is 33.2 Å². The third-order valence-corrected chi connectivity index (χ3v) is 15.9. The van der Waals surface area contributed by atoms with Gasteiger partial charge in [-0.1, -0.05) is 128 Å². The Bertz CT molecular complexity index is 1390. The summed E-state index contributed by atoms with van der Waals surface area (Å²) in [5.41, 5.74) is -0.0949. The summed E-state index contributed by atoms with van der Waals surface area (Å²) in [6, 6.07) is 9.75. The van der Waals surface area contributed by atoms with Crippen molar-refractivity contribution in [2.24, 2.45) is 0 Å². The lowest BCUT2D eigenvalue weighted by Gasteiger charge is -2.36. The first kappa shape index (κ1) is 57.9. The highest BCUT2D eigenvalue weighted by atomic mass is 28.4. The number of esters is 2. The Kier molecular flexibility index (Phi) is 29.1. The van der Waals surface area contributed by atoms with Crippen LogP contribution in [-0.4, -0.2) is 92.8 Å². The monoisotopic (exact) mass is 905 g/mol. The maximum absolute atomic E-state index is 12.9. The molecule has 364 valence electrons. The van der Waals surface area contributed by atoms with Gasteiger partial charge in [0, 0.05) is 45.6 Å². The van der Waals surface area contributed by atoms with Crippen LogP contribution in [-0.2, 0) is 39.6 Å². The number of nitrogens with zero attached hydrogens (tertiary/aromatic N) is 2. The first-order valence-corrected chi connectivity index (χ1v) is 27.5. The minimum Gasteiger partial charge on any atom is -0.466 e. The molecular formula is C51H92N2O9Si. The van der Waals surface area contributed by atoms with Gasteiger partial charge in [0.15, 0.2) is 8.32 Å². The van der Waals surface area contributed by atoms with Gasteiger partial charge in [0.2, 0.25) is 0 Å². The summed E-state index contributed by atoms with van der Waals surface area (Å²) in [6.07, 6.45) is 18.3. The van der Waals surface area contributed by atoms with E-state index in [1.807, 2.05) is 76.8 Å². The molecule has 1 rings (SSSR count). The van der Waals surface area contributed by atoms with Crippen molar-refractivity contribution in [2.75, 3.05) is 39.4 Å². The lowest BCUT2D eigenvalue weighted by atomic mass is 10.1. The number of carbonyl (C=O) groups excluding carboxylic acids is 4. The fourth-order valence-electron chi connectivity index (χ4n) is 6.63. The van der Waals surface area contributed by atoms with Gasteiger partial charge in [-0.25, -0.2) is 9.59 Å². The quantitative estimate of drug-likeness (QED) is 0.0294. The van der Waals surface area contributed by atoms with E-state index < -0.39 is 19.5 Å². The van der Waals surface area contributed by atoms with E-state index in [9.17, 15) is 19.2 Å². The van der Waals surface area contributed by atoms with Crippen LogP contribution in [0.15, 0.2) is 30.3 Å². The third-order valence-electron chi connectivity index (χ3n) is 11.3. The largest absolute Gasteiger partial charge is 0.466 e. The second-order valence-electron chi connectivity index (χ2n) is 20.8. The summed E-state index contributed by atoms with van der Waals surface area (Å²) >= 11 is 0. The predicted molar refractivity (Wildman–Crippen MR) is 258 cm³/mol. The van der Waals surface area contributed by atoms with Gasteiger partial charge in [-0.05, 0) is 104 Å². The molecule has 1 aromatic carbocycles. The van der Waals surface area contributed by atoms with Crippen LogP contribution in [0.3, 0.4) is 0 Å². The van der Waals surface area contributed by atoms with Crippen LogP contribution in [0.2, 0.25) is 18.1 Å². The van der Waals surface area contributed by atoms with E-state index in [2.05, 4.69) is 33.9 Å². The van der Waals surface area contributed by atoms with Crippen LogP contribution in [0.1, 0.15) is 196 Å². The first-order chi connectivity index (χ1) is 29.6. The fourth-order valence-corrected chi connectivity index (χ4v) is 7.72. The molecule has 0 fully saturated rings. The van der Waals surface area contributed by atoms with E-state index in [0.717, 1.165) is 115 Å². The molecule has 0 N–H and O–H groups in total. The lowest BCUT2D eigenvalue weighted by Crippen LogP contribution is -2.42. The van der Waals surface area contributed by atoms with Gasteiger partial charge in [-0.15, -0.1) is 0 Å². The van der Waals surface area contributed by atoms with E-state index >= 15 is 0 Å². The van der Waals surface area contributed by atoms with Crippen LogP contribution in [0, 0.1) is 0 Å². The highest BCUT2D eigenvalue weighted by Crippen LogP contribution is 2.36. The molecule has 0 spiro atoms. The number of unbranched alkanes of at least 4 members (excludes halogenated alkanes) is 14. The molecule has 11 nitrogen and oxygen atoms in total. The summed E-state index contributed by atoms with van der Waals surface area (Å²) < 4.78 is 28.6. The second-order valence-corrected chi connectivity index (χ2v) is 25.6. The van der Waals surface area contributed by atoms with Crippen LogP contribution in [0.5, 0.6) is 0 Å². The standard InChI is InChI=1S/C51H92N2O9Si/c1-49(2,3)61-47(56)52(37-29-22-18-15-13-17-21-28-36-46(55)59-43-44-33-25-24-26-34-44)39-31-41-58-45(54)35-27-20-16-12-14-19-23-30-38-53(48(57)62-50(4,5)6)40-32-42-60-63(10,11)51(7,8)9/h24-26,33-34H,12-23,27-32,35-43H2,1-11H3. The summed E-state index contributed by atoms with van der Waals surface area (Å²) in [5.74, 6) is -0.312. The zero-order valence-corrected chi connectivity index (χ0v) is 43.0. The van der Waals surface area contributed by atoms with Gasteiger partial charge in [0.25, 0.3) is 0 Å². The molecule has 0 heterocycles. The Morgan fingerprint density at radius 2 is 0.841 bits per heavy atom. The van der Waals surface area contributed by atoms with E-state index in [0.29, 0.717) is 65.3 Å². The average molecular weight is 905 g/mol. The smallest absolute Gasteiger partial charge is 0.410 e. The van der Waals surface area contributed by atoms with Crippen molar-refractivity contribution in [1.29, 1.82) is 0 Å². The minimum atomic E-state index is -1.82. The summed E-state index contributed by atoms with van der Waals surface area (Å²) in [4.78, 5) is 53.9. The van der Waals surface area contributed by atoms with Crippen molar-refractivity contribution >= 4 is 32.4 Å². The summed E-state index contributed by atoms with van der Waals surface area (Å²) in [7, 11) is -1.82. The zero-order valence-electron chi connectivity index (χ0n) is 42.0. The van der Waals surface area contributed by atoms with Crippen LogP contribution < -0.4 is 0 Å². The van der Waals surface area contributed by atoms with Crippen LogP contribution >= 0.6 is 0 Å². The van der Waals surface area contributed by atoms with E-state index in [4.69, 9.17) is 23.4 Å². The van der Waals surface area contributed by atoms with E-state index in [1.165, 1.54) is 0 Å². The van der Waals surface area contributed by atoms with Gasteiger partial charge in [-0.2, -0.15) is 0 Å². The lowest BCUT2D eigenvalue weighted by molar-refractivity contribution is -0.145. The number of amides is 2. The highest BCUT2D eigenvalue weighted by molar-refractivity contribution is 6.74. The highest BCUT2D eigenvalue weighted by Gasteiger charge is 2.37. The number of rotatable bonds is 33. The molecule has 63 heavy (non-hydrogen) atoms. The van der Waals surface area contributed by atoms with Crippen molar-refractivity contribution in [1.82, 2.24) is 9.80 Å². The molecule has 1 aromatic rings. The van der Waals surface area contributed by atoms with Crippen LogP contribution in [0.4, 0.5) is 9.59 Å². The van der Waals surface area contributed by atoms with Gasteiger partial charge in [-0.3, -0.25) is 9.59 Å². The number of ether oxygens (including phenoxy) is 4. The molecule has 0 aliphatic heterocycles. The molecule has 0 unspecified atom stereocenters. The maximum atomic E-state index is 12.9. The molecule has 0 atom stereocenters. The molecule has 0 aromatic heterocycles. The van der Waals surface area contributed by atoms with E-state index in [1.54, 1.807) is 4.90 Å². The molecule has 0 aliphatic carbocycles. The van der Waals surface area contributed by atoms with Crippen molar-refractivity contribution in [3.8, 4) is 0 Å². The number of hydrogen-bond acceptors (Lipinski definition) is 9. The summed E-state index contributed by atoms with van der Waals surface area (Å²) in [5, 5.41) is 0.163. The Hall–Kier alpha value is -3.12. The minimum absolute atomic E-state index is 0.134. The Morgan fingerprint density at radius 1 is 0.476 bits per heavy atom. The average Bonchev–Trinajstić information content (AvgIpc) is 3.18. The maximum Gasteiger partial charge on any atom is 0.410 e. The van der Waals surface area contributed by atoms with Gasteiger partial charge >= 0.3 is 24.1 Å². The zero-order chi connectivity index (χ0) is 47.2. The van der Waals surface area contributed by atoms with Crippen LogP contribution in [0.25, 0.3) is 0 Å². The third kappa shape index (κ3) is 31.4. The molecule has 0 bridgehead atoms. The molecule has 0 saturated carbocycles. The molecule has 2 amide bonds. The Balaban J connectivity index is 2.20. The van der Waals surface area contributed by atoms with Crippen molar-refractivity contribution in [2.45, 2.75) is 227 Å². The predicted octanol–water partition coefficient (Wildman–Crippen LogP) is 13.6. The molecule has 12 heteroatoms. The first-order valence-electron chi connectivity index (χ1n) is 24.5. The van der Waals surface area contributed by atoms with Gasteiger partial charge in [0.1, 0.15) is 17.8 Å².